The summed E-state index contributed by atoms with van der Waals surface area (Å²) in [5.74, 6) is 0.664. The molecular weight excluding hydrogens is 194 g/mol. The Balaban J connectivity index is 3.15. The van der Waals surface area contributed by atoms with Crippen molar-refractivity contribution in [1.82, 2.24) is 9.55 Å². The predicted octanol–water partition coefficient (Wildman–Crippen LogP) is 0.264. The van der Waals surface area contributed by atoms with Gasteiger partial charge in [-0.05, 0) is 6.92 Å². The van der Waals surface area contributed by atoms with E-state index < -0.39 is 0 Å². The first kappa shape index (κ1) is 11.7. The van der Waals surface area contributed by atoms with Crippen LogP contribution in [0.2, 0.25) is 0 Å². The van der Waals surface area contributed by atoms with Crippen molar-refractivity contribution in [3.63, 3.8) is 0 Å². The molecule has 0 saturated heterocycles. The number of hydrogen-bond acceptors (Lipinski definition) is 4. The van der Waals surface area contributed by atoms with E-state index in [0.29, 0.717) is 19.1 Å². The summed E-state index contributed by atoms with van der Waals surface area (Å²) in [5, 5.41) is 0. The fraction of sp³-hybridized carbons (Fsp3) is 0.600. The number of ether oxygens (including phenoxy) is 1. The van der Waals surface area contributed by atoms with Crippen LogP contribution in [0.1, 0.15) is 5.69 Å². The van der Waals surface area contributed by atoms with Gasteiger partial charge in [-0.3, -0.25) is 9.36 Å². The summed E-state index contributed by atoms with van der Waals surface area (Å²) in [6, 6.07) is 1.53. The van der Waals surface area contributed by atoms with Crippen LogP contribution in [0, 0.1) is 6.92 Å². The molecule has 0 spiro atoms. The van der Waals surface area contributed by atoms with Crippen molar-refractivity contribution in [2.75, 3.05) is 32.7 Å². The third-order valence-corrected chi connectivity index (χ3v) is 2.04. The first-order valence-corrected chi connectivity index (χ1v) is 4.81. The molecule has 1 rings (SSSR count). The average Bonchev–Trinajstić information content (AvgIpc) is 2.15. The first-order chi connectivity index (χ1) is 7.06. The molecule has 5 heteroatoms. The van der Waals surface area contributed by atoms with Crippen LogP contribution in [0.3, 0.4) is 0 Å². The molecule has 0 aliphatic heterocycles. The molecule has 5 nitrogen and oxygen atoms in total. The van der Waals surface area contributed by atoms with Crippen LogP contribution in [-0.4, -0.2) is 37.4 Å². The van der Waals surface area contributed by atoms with E-state index >= 15 is 0 Å². The molecule has 0 unspecified atom stereocenters. The summed E-state index contributed by atoms with van der Waals surface area (Å²) in [6.07, 6.45) is 0. The minimum absolute atomic E-state index is 0.0387. The second-order valence-corrected chi connectivity index (χ2v) is 3.57. The van der Waals surface area contributed by atoms with Crippen LogP contribution >= 0.6 is 0 Å². The van der Waals surface area contributed by atoms with Crippen molar-refractivity contribution in [1.29, 1.82) is 0 Å². The summed E-state index contributed by atoms with van der Waals surface area (Å²) >= 11 is 0. The van der Waals surface area contributed by atoms with Gasteiger partial charge in [0, 0.05) is 33.0 Å². The Kier molecular flexibility index (Phi) is 3.85. The van der Waals surface area contributed by atoms with Crippen molar-refractivity contribution in [2.45, 2.75) is 13.5 Å². The predicted molar refractivity (Wildman–Crippen MR) is 59.4 cm³/mol. The highest BCUT2D eigenvalue weighted by Gasteiger charge is 2.08. The minimum atomic E-state index is -0.0387. The average molecular weight is 211 g/mol. The zero-order chi connectivity index (χ0) is 11.4. The van der Waals surface area contributed by atoms with E-state index in [1.807, 2.05) is 25.9 Å². The molecular formula is C10H17N3O2. The topological polar surface area (TPSA) is 47.4 Å². The third kappa shape index (κ3) is 2.79. The molecule has 0 fully saturated rings. The van der Waals surface area contributed by atoms with Crippen LogP contribution in [0.4, 0.5) is 5.95 Å². The minimum Gasteiger partial charge on any atom is -0.383 e. The summed E-state index contributed by atoms with van der Waals surface area (Å²) in [6.45, 7) is 2.84. The highest BCUT2D eigenvalue weighted by atomic mass is 16.5. The van der Waals surface area contributed by atoms with Gasteiger partial charge in [0.05, 0.1) is 13.2 Å². The monoisotopic (exact) mass is 211 g/mol. The Labute approximate surface area is 89.3 Å². The smallest absolute Gasteiger partial charge is 0.255 e. The van der Waals surface area contributed by atoms with Gasteiger partial charge in [-0.25, -0.2) is 4.98 Å². The van der Waals surface area contributed by atoms with E-state index in [9.17, 15) is 4.79 Å². The molecule has 1 aromatic rings. The number of rotatable bonds is 4. The van der Waals surface area contributed by atoms with Gasteiger partial charge in [0.1, 0.15) is 0 Å². The van der Waals surface area contributed by atoms with Gasteiger partial charge in [0.25, 0.3) is 5.56 Å². The lowest BCUT2D eigenvalue weighted by Gasteiger charge is -2.17. The Bertz CT molecular complexity index is 385. The number of hydrogen-bond donors (Lipinski definition) is 0. The second kappa shape index (κ2) is 4.93. The van der Waals surface area contributed by atoms with Crippen molar-refractivity contribution < 1.29 is 4.74 Å². The third-order valence-electron chi connectivity index (χ3n) is 2.04. The quantitative estimate of drug-likeness (QED) is 0.717. The lowest BCUT2D eigenvalue weighted by atomic mass is 10.4. The SMILES string of the molecule is COCCn1c(N(C)C)nc(C)cc1=O. The molecule has 0 aliphatic carbocycles. The summed E-state index contributed by atoms with van der Waals surface area (Å²) < 4.78 is 6.57. The van der Waals surface area contributed by atoms with Crippen molar-refractivity contribution in [2.24, 2.45) is 0 Å². The van der Waals surface area contributed by atoms with Crippen molar-refractivity contribution in [3.05, 3.63) is 22.1 Å². The molecule has 15 heavy (non-hydrogen) atoms. The normalized spacial score (nSPS) is 10.4. The Hall–Kier alpha value is -1.36. The molecule has 0 N–H and O–H groups in total. The number of aromatic nitrogens is 2. The highest BCUT2D eigenvalue weighted by Crippen LogP contribution is 2.05. The molecule has 0 aromatic carbocycles. The standard InChI is InChI=1S/C10H17N3O2/c1-8-7-9(14)13(5-6-15-4)10(11-8)12(2)3/h7H,5-6H2,1-4H3. The molecule has 1 heterocycles. The molecule has 1 aromatic heterocycles. The van der Waals surface area contributed by atoms with Gasteiger partial charge in [-0.2, -0.15) is 0 Å². The Morgan fingerprint density at radius 3 is 2.73 bits per heavy atom. The van der Waals surface area contributed by atoms with Gasteiger partial charge in [-0.1, -0.05) is 0 Å². The molecule has 0 aliphatic rings. The van der Waals surface area contributed by atoms with Gasteiger partial charge < -0.3 is 9.64 Å². The second-order valence-electron chi connectivity index (χ2n) is 3.57. The lowest BCUT2D eigenvalue weighted by molar-refractivity contribution is 0.186. The van der Waals surface area contributed by atoms with E-state index in [1.165, 1.54) is 6.07 Å². The first-order valence-electron chi connectivity index (χ1n) is 4.81. The van der Waals surface area contributed by atoms with Gasteiger partial charge >= 0.3 is 0 Å². The molecule has 0 radical (unpaired) electrons. The molecule has 0 bridgehead atoms. The van der Waals surface area contributed by atoms with Crippen molar-refractivity contribution in [3.8, 4) is 0 Å². The fourth-order valence-corrected chi connectivity index (χ4v) is 1.34. The van der Waals surface area contributed by atoms with E-state index in [2.05, 4.69) is 4.98 Å². The van der Waals surface area contributed by atoms with Crippen LogP contribution < -0.4 is 10.5 Å². The Morgan fingerprint density at radius 2 is 2.20 bits per heavy atom. The van der Waals surface area contributed by atoms with Crippen LogP contribution in [0.15, 0.2) is 10.9 Å². The highest BCUT2D eigenvalue weighted by molar-refractivity contribution is 5.29. The van der Waals surface area contributed by atoms with Crippen LogP contribution in [-0.2, 0) is 11.3 Å². The summed E-state index contributed by atoms with van der Waals surface area (Å²) in [5.41, 5.74) is 0.695. The molecule has 0 atom stereocenters. The van der Waals surface area contributed by atoms with E-state index in [1.54, 1.807) is 11.7 Å². The number of nitrogens with zero attached hydrogens (tertiary/aromatic N) is 3. The lowest BCUT2D eigenvalue weighted by Crippen LogP contribution is -2.29. The van der Waals surface area contributed by atoms with Crippen LogP contribution in [0.25, 0.3) is 0 Å². The maximum absolute atomic E-state index is 11.7. The van der Waals surface area contributed by atoms with E-state index in [0.717, 1.165) is 5.69 Å². The maximum atomic E-state index is 11.7. The zero-order valence-corrected chi connectivity index (χ0v) is 9.65. The fourth-order valence-electron chi connectivity index (χ4n) is 1.34. The molecule has 0 amide bonds. The van der Waals surface area contributed by atoms with Gasteiger partial charge in [-0.15, -0.1) is 0 Å². The van der Waals surface area contributed by atoms with Gasteiger partial charge in [0.15, 0.2) is 0 Å². The van der Waals surface area contributed by atoms with Crippen molar-refractivity contribution >= 4 is 5.95 Å². The number of anilines is 1. The summed E-state index contributed by atoms with van der Waals surface area (Å²) in [7, 11) is 5.34. The maximum Gasteiger partial charge on any atom is 0.255 e. The molecule has 0 saturated carbocycles. The van der Waals surface area contributed by atoms with E-state index in [-0.39, 0.29) is 5.56 Å². The van der Waals surface area contributed by atoms with E-state index in [4.69, 9.17) is 4.74 Å². The Morgan fingerprint density at radius 1 is 1.53 bits per heavy atom. The largest absolute Gasteiger partial charge is 0.383 e. The number of methoxy groups -OCH3 is 1. The van der Waals surface area contributed by atoms with Gasteiger partial charge in [0.2, 0.25) is 5.95 Å². The summed E-state index contributed by atoms with van der Waals surface area (Å²) in [4.78, 5) is 17.9. The molecule has 84 valence electrons. The van der Waals surface area contributed by atoms with Crippen LogP contribution in [0.5, 0.6) is 0 Å². The zero-order valence-electron chi connectivity index (χ0n) is 9.65. The number of aryl methyl sites for hydroxylation is 1.